The van der Waals surface area contributed by atoms with E-state index in [0.29, 0.717) is 0 Å². The van der Waals surface area contributed by atoms with Gasteiger partial charge in [-0.15, -0.1) is 0 Å². The zero-order valence-corrected chi connectivity index (χ0v) is 7.89. The highest BCUT2D eigenvalue weighted by Gasteiger charge is 2.45. The largest absolute Gasteiger partial charge is 0.434 e. The second-order valence-electron chi connectivity index (χ2n) is 2.88. The Hall–Kier alpha value is -1.85. The summed E-state index contributed by atoms with van der Waals surface area (Å²) in [6.07, 6.45) is -11.0. The van der Waals surface area contributed by atoms with E-state index in [2.05, 4.69) is 9.97 Å². The second kappa shape index (κ2) is 4.20. The molecule has 1 rings (SSSR count). The Morgan fingerprint density at radius 1 is 1.12 bits per heavy atom. The predicted octanol–water partition coefficient (Wildman–Crippen LogP) is 2.58. The Kier molecular flexibility index (Phi) is 3.26. The molecule has 3 nitrogen and oxygen atoms in total. The smallest absolute Gasteiger partial charge is 0.240 e. The molecular weight excluding hydrogens is 252 g/mol. The van der Waals surface area contributed by atoms with Gasteiger partial charge in [0.05, 0.1) is 12.5 Å². The summed E-state index contributed by atoms with van der Waals surface area (Å²) in [5.74, 6) is -0.604. The maximum atomic E-state index is 12.3. The molecule has 92 valence electrons. The Morgan fingerprint density at radius 2 is 1.71 bits per heavy atom. The van der Waals surface area contributed by atoms with Crippen LogP contribution in [0.3, 0.4) is 0 Å². The molecule has 0 aliphatic rings. The SMILES string of the molecule is N#CCc1ncc(C(F)(F)F)c(C(F)(F)F)n1. The lowest BCUT2D eigenvalue weighted by Crippen LogP contribution is -2.20. The van der Waals surface area contributed by atoms with Crippen LogP contribution in [0.15, 0.2) is 6.20 Å². The van der Waals surface area contributed by atoms with Crippen molar-refractivity contribution in [2.75, 3.05) is 0 Å². The van der Waals surface area contributed by atoms with Crippen LogP contribution < -0.4 is 0 Å². The summed E-state index contributed by atoms with van der Waals surface area (Å²) in [5, 5.41) is 8.21. The average molecular weight is 255 g/mol. The first kappa shape index (κ1) is 13.2. The van der Waals surface area contributed by atoms with Crippen molar-refractivity contribution in [2.45, 2.75) is 18.8 Å². The quantitative estimate of drug-likeness (QED) is 0.724. The molecule has 0 atom stereocenters. The van der Waals surface area contributed by atoms with Crippen LogP contribution in [0, 0.1) is 11.3 Å². The number of hydrogen-bond donors (Lipinski definition) is 0. The van der Waals surface area contributed by atoms with Crippen LogP contribution in [0.2, 0.25) is 0 Å². The van der Waals surface area contributed by atoms with Gasteiger partial charge < -0.3 is 0 Å². The molecular formula is C8H3F6N3. The van der Waals surface area contributed by atoms with Gasteiger partial charge >= 0.3 is 12.4 Å². The molecule has 17 heavy (non-hydrogen) atoms. The van der Waals surface area contributed by atoms with Gasteiger partial charge in [-0.1, -0.05) is 0 Å². The first-order valence-corrected chi connectivity index (χ1v) is 4.03. The topological polar surface area (TPSA) is 49.6 Å². The minimum atomic E-state index is -5.25. The molecule has 1 heterocycles. The second-order valence-corrected chi connectivity index (χ2v) is 2.88. The lowest BCUT2D eigenvalue weighted by Gasteiger charge is -2.14. The van der Waals surface area contributed by atoms with Gasteiger partial charge in [-0.25, -0.2) is 9.97 Å². The molecule has 0 radical (unpaired) electrons. The van der Waals surface area contributed by atoms with E-state index in [4.69, 9.17) is 5.26 Å². The van der Waals surface area contributed by atoms with E-state index in [9.17, 15) is 26.3 Å². The lowest BCUT2D eigenvalue weighted by molar-refractivity contribution is -0.165. The van der Waals surface area contributed by atoms with Crippen LogP contribution in [-0.4, -0.2) is 9.97 Å². The number of halogens is 6. The van der Waals surface area contributed by atoms with Gasteiger partial charge in [0.2, 0.25) is 0 Å². The summed E-state index contributed by atoms with van der Waals surface area (Å²) in [6.45, 7) is 0. The number of alkyl halides is 6. The lowest BCUT2D eigenvalue weighted by atomic mass is 10.2. The highest BCUT2D eigenvalue weighted by Crippen LogP contribution is 2.38. The van der Waals surface area contributed by atoms with Crippen molar-refractivity contribution in [1.82, 2.24) is 9.97 Å². The Balaban J connectivity index is 3.39. The Labute approximate surface area is 90.7 Å². The molecule has 0 saturated carbocycles. The number of nitriles is 1. The standard InChI is InChI=1S/C8H3F6N3/c9-7(10,11)4-3-16-5(1-2-15)17-6(4)8(12,13)14/h3H,1H2. The Morgan fingerprint density at radius 3 is 2.12 bits per heavy atom. The zero-order valence-electron chi connectivity index (χ0n) is 7.89. The number of nitrogens with zero attached hydrogens (tertiary/aromatic N) is 3. The van der Waals surface area contributed by atoms with Gasteiger partial charge in [-0.2, -0.15) is 31.6 Å². The zero-order chi connectivity index (χ0) is 13.3. The van der Waals surface area contributed by atoms with E-state index < -0.39 is 35.9 Å². The molecule has 0 spiro atoms. The third kappa shape index (κ3) is 3.05. The Bertz CT molecular complexity index is 456. The van der Waals surface area contributed by atoms with Crippen molar-refractivity contribution in [3.05, 3.63) is 23.3 Å². The van der Waals surface area contributed by atoms with E-state index in [-0.39, 0.29) is 6.20 Å². The number of aromatic nitrogens is 2. The van der Waals surface area contributed by atoms with Crippen LogP contribution >= 0.6 is 0 Å². The molecule has 0 aromatic carbocycles. The molecule has 0 unspecified atom stereocenters. The minimum Gasteiger partial charge on any atom is -0.240 e. The molecule has 9 heteroatoms. The first-order chi connectivity index (χ1) is 7.66. The predicted molar refractivity (Wildman–Crippen MR) is 41.4 cm³/mol. The van der Waals surface area contributed by atoms with Crippen molar-refractivity contribution in [1.29, 1.82) is 5.26 Å². The van der Waals surface area contributed by atoms with Crippen LogP contribution in [0.1, 0.15) is 17.1 Å². The summed E-state index contributed by atoms with van der Waals surface area (Å²) in [5.41, 5.74) is -4.04. The molecule has 0 aliphatic heterocycles. The first-order valence-electron chi connectivity index (χ1n) is 4.03. The highest BCUT2D eigenvalue weighted by atomic mass is 19.4. The molecule has 0 fully saturated rings. The van der Waals surface area contributed by atoms with Crippen LogP contribution in [0.5, 0.6) is 0 Å². The van der Waals surface area contributed by atoms with E-state index in [1.54, 1.807) is 0 Å². The molecule has 0 bridgehead atoms. The minimum absolute atomic E-state index is 0.0303. The fourth-order valence-corrected chi connectivity index (χ4v) is 0.998. The number of rotatable bonds is 1. The maximum Gasteiger partial charge on any atom is 0.434 e. The number of hydrogen-bond acceptors (Lipinski definition) is 3. The van der Waals surface area contributed by atoms with Crippen molar-refractivity contribution < 1.29 is 26.3 Å². The summed E-state index contributed by atoms with van der Waals surface area (Å²) in [4.78, 5) is 5.78. The van der Waals surface area contributed by atoms with Crippen LogP contribution in [0.25, 0.3) is 0 Å². The van der Waals surface area contributed by atoms with Crippen LogP contribution in [-0.2, 0) is 18.8 Å². The van der Waals surface area contributed by atoms with Gasteiger partial charge in [-0.05, 0) is 0 Å². The van der Waals surface area contributed by atoms with Crippen LogP contribution in [0.4, 0.5) is 26.3 Å². The summed E-state index contributed by atoms with van der Waals surface area (Å²) in [7, 11) is 0. The van der Waals surface area contributed by atoms with E-state index in [1.165, 1.54) is 6.07 Å². The van der Waals surface area contributed by atoms with E-state index in [0.717, 1.165) is 0 Å². The maximum absolute atomic E-state index is 12.3. The monoisotopic (exact) mass is 255 g/mol. The van der Waals surface area contributed by atoms with Gasteiger partial charge in [0.15, 0.2) is 5.69 Å². The summed E-state index contributed by atoms with van der Waals surface area (Å²) < 4.78 is 73.7. The highest BCUT2D eigenvalue weighted by molar-refractivity contribution is 5.24. The van der Waals surface area contributed by atoms with E-state index >= 15 is 0 Å². The fourth-order valence-electron chi connectivity index (χ4n) is 0.998. The average Bonchev–Trinajstić information content (AvgIpc) is 2.15. The normalized spacial score (nSPS) is 12.3. The molecule has 1 aromatic heterocycles. The van der Waals surface area contributed by atoms with Gasteiger partial charge in [-0.3, -0.25) is 0 Å². The van der Waals surface area contributed by atoms with Crippen molar-refractivity contribution in [3.63, 3.8) is 0 Å². The van der Waals surface area contributed by atoms with Gasteiger partial charge in [0, 0.05) is 6.20 Å². The van der Waals surface area contributed by atoms with Crippen molar-refractivity contribution in [3.8, 4) is 6.07 Å². The van der Waals surface area contributed by atoms with Crippen molar-refractivity contribution in [2.24, 2.45) is 0 Å². The molecule has 0 amide bonds. The fraction of sp³-hybridized carbons (Fsp3) is 0.375. The molecule has 0 saturated heterocycles. The van der Waals surface area contributed by atoms with E-state index in [1.807, 2.05) is 0 Å². The van der Waals surface area contributed by atoms with Gasteiger partial charge in [0.25, 0.3) is 0 Å². The summed E-state index contributed by atoms with van der Waals surface area (Å²) in [6, 6.07) is 1.45. The molecule has 0 aliphatic carbocycles. The summed E-state index contributed by atoms with van der Waals surface area (Å²) >= 11 is 0. The van der Waals surface area contributed by atoms with Crippen molar-refractivity contribution >= 4 is 0 Å². The van der Waals surface area contributed by atoms with Gasteiger partial charge in [0.1, 0.15) is 11.4 Å². The molecule has 1 aromatic rings. The third-order valence-electron chi connectivity index (χ3n) is 1.65. The third-order valence-corrected chi connectivity index (χ3v) is 1.65. The molecule has 0 N–H and O–H groups in total.